The van der Waals surface area contributed by atoms with E-state index in [4.69, 9.17) is 28.3 Å². The predicted octanol–water partition coefficient (Wildman–Crippen LogP) is 2.87. The van der Waals surface area contributed by atoms with Gasteiger partial charge in [-0.3, -0.25) is 4.79 Å². The number of amides is 1. The van der Waals surface area contributed by atoms with E-state index in [0.29, 0.717) is 0 Å². The van der Waals surface area contributed by atoms with Gasteiger partial charge in [-0.25, -0.2) is 9.18 Å². The fourth-order valence-corrected chi connectivity index (χ4v) is 1.80. The molecular formula is C12H6Cl2FN3O3. The average Bonchev–Trinajstić information content (AvgIpc) is 2.41. The lowest BCUT2D eigenvalue weighted by Gasteiger charge is -2.07. The first-order valence-electron chi connectivity index (χ1n) is 5.41. The van der Waals surface area contributed by atoms with Crippen LogP contribution in [-0.2, 0) is 0 Å². The Balaban J connectivity index is 2.26. The molecule has 0 aliphatic carbocycles. The molecule has 2 aromatic rings. The van der Waals surface area contributed by atoms with Crippen LogP contribution >= 0.6 is 23.2 Å². The Kier molecular flexibility index (Phi) is 4.35. The second-order valence-corrected chi connectivity index (χ2v) is 4.57. The molecule has 0 unspecified atom stereocenters. The first-order chi connectivity index (χ1) is 9.88. The van der Waals surface area contributed by atoms with Crippen LogP contribution in [0.5, 0.6) is 0 Å². The number of aromatic nitrogens is 2. The highest BCUT2D eigenvalue weighted by Gasteiger charge is 2.15. The van der Waals surface area contributed by atoms with Crippen LogP contribution in [0.25, 0.3) is 0 Å². The predicted molar refractivity (Wildman–Crippen MR) is 73.4 cm³/mol. The Bertz CT molecular complexity index is 740. The van der Waals surface area contributed by atoms with Crippen molar-refractivity contribution in [2.45, 2.75) is 0 Å². The van der Waals surface area contributed by atoms with Crippen LogP contribution in [0.15, 0.2) is 24.3 Å². The van der Waals surface area contributed by atoms with Gasteiger partial charge < -0.3 is 10.4 Å². The monoisotopic (exact) mass is 329 g/mol. The minimum Gasteiger partial charge on any atom is -0.478 e. The van der Waals surface area contributed by atoms with Gasteiger partial charge in [0.1, 0.15) is 5.82 Å². The first-order valence-corrected chi connectivity index (χ1v) is 6.17. The summed E-state index contributed by atoms with van der Waals surface area (Å²) in [5, 5.41) is 17.8. The number of carboxylic acid groups (broad SMARTS) is 1. The van der Waals surface area contributed by atoms with E-state index in [-0.39, 0.29) is 21.6 Å². The molecule has 0 saturated carbocycles. The molecule has 2 N–H and O–H groups in total. The fraction of sp³-hybridized carbons (Fsp3) is 0. The van der Waals surface area contributed by atoms with Gasteiger partial charge in [-0.15, -0.1) is 10.2 Å². The molecule has 0 fully saturated rings. The summed E-state index contributed by atoms with van der Waals surface area (Å²) in [5.41, 5.74) is -0.481. The number of rotatable bonds is 3. The summed E-state index contributed by atoms with van der Waals surface area (Å²) < 4.78 is 13.5. The van der Waals surface area contributed by atoms with Gasteiger partial charge in [0.2, 0.25) is 0 Å². The Morgan fingerprint density at radius 1 is 1.14 bits per heavy atom. The average molecular weight is 330 g/mol. The number of hydrogen-bond acceptors (Lipinski definition) is 4. The zero-order chi connectivity index (χ0) is 15.6. The van der Waals surface area contributed by atoms with Crippen LogP contribution in [0, 0.1) is 5.82 Å². The highest BCUT2D eigenvalue weighted by molar-refractivity contribution is 6.34. The van der Waals surface area contributed by atoms with Gasteiger partial charge in [0.15, 0.2) is 10.3 Å². The Hall–Kier alpha value is -2.25. The van der Waals surface area contributed by atoms with Crippen LogP contribution in [0.4, 0.5) is 10.1 Å². The second-order valence-electron chi connectivity index (χ2n) is 3.83. The summed E-state index contributed by atoms with van der Waals surface area (Å²) >= 11 is 11.3. The maximum absolute atomic E-state index is 13.5. The molecule has 1 amide bonds. The summed E-state index contributed by atoms with van der Waals surface area (Å²) in [6, 6.07) is 4.36. The van der Waals surface area contributed by atoms with Gasteiger partial charge in [0.05, 0.1) is 11.1 Å². The third-order valence-corrected chi connectivity index (χ3v) is 2.88. The van der Waals surface area contributed by atoms with Crippen molar-refractivity contribution in [1.29, 1.82) is 0 Å². The number of carbonyl (C=O) groups is 2. The van der Waals surface area contributed by atoms with Crippen molar-refractivity contribution >= 4 is 40.8 Å². The number of carbonyl (C=O) groups excluding carboxylic acids is 1. The van der Waals surface area contributed by atoms with Crippen molar-refractivity contribution in [2.24, 2.45) is 0 Å². The molecule has 1 aromatic heterocycles. The SMILES string of the molecule is O=C(O)c1ccc(NC(=O)c2cc(Cl)nnc2Cl)cc1F. The molecule has 0 radical (unpaired) electrons. The summed E-state index contributed by atoms with van der Waals surface area (Å²) in [6.07, 6.45) is 0. The van der Waals surface area contributed by atoms with Gasteiger partial charge in [0, 0.05) is 5.69 Å². The lowest BCUT2D eigenvalue weighted by atomic mass is 10.2. The van der Waals surface area contributed by atoms with E-state index in [2.05, 4.69) is 15.5 Å². The molecule has 0 bridgehead atoms. The summed E-state index contributed by atoms with van der Waals surface area (Å²) in [4.78, 5) is 22.6. The van der Waals surface area contributed by atoms with Crippen molar-refractivity contribution in [3.63, 3.8) is 0 Å². The highest BCUT2D eigenvalue weighted by Crippen LogP contribution is 2.19. The van der Waals surface area contributed by atoms with Gasteiger partial charge in [-0.2, -0.15) is 0 Å². The number of nitrogens with one attached hydrogen (secondary N) is 1. The largest absolute Gasteiger partial charge is 0.478 e. The summed E-state index contributed by atoms with van der Waals surface area (Å²) in [5.74, 6) is -3.06. The molecule has 0 spiro atoms. The summed E-state index contributed by atoms with van der Waals surface area (Å²) in [7, 11) is 0. The van der Waals surface area contributed by atoms with Crippen molar-refractivity contribution in [3.05, 3.63) is 51.5 Å². The van der Waals surface area contributed by atoms with Gasteiger partial charge in [-0.1, -0.05) is 23.2 Å². The van der Waals surface area contributed by atoms with E-state index >= 15 is 0 Å². The van der Waals surface area contributed by atoms with Crippen molar-refractivity contribution in [2.75, 3.05) is 5.32 Å². The van der Waals surface area contributed by atoms with E-state index in [1.807, 2.05) is 0 Å². The minimum absolute atomic E-state index is 0.0306. The van der Waals surface area contributed by atoms with E-state index in [0.717, 1.165) is 12.1 Å². The first kappa shape index (κ1) is 15.1. The maximum Gasteiger partial charge on any atom is 0.338 e. The molecule has 9 heteroatoms. The Morgan fingerprint density at radius 2 is 1.86 bits per heavy atom. The molecule has 0 atom stereocenters. The van der Waals surface area contributed by atoms with Crippen LogP contribution in [0.2, 0.25) is 10.3 Å². The van der Waals surface area contributed by atoms with E-state index in [1.54, 1.807) is 0 Å². The standard InChI is InChI=1S/C12H6Cl2FN3O3/c13-9-4-7(10(14)18-17-9)11(19)16-5-1-2-6(12(20)21)8(15)3-5/h1-4H,(H,16,19)(H,20,21). The van der Waals surface area contributed by atoms with E-state index < -0.39 is 23.3 Å². The molecule has 2 rings (SSSR count). The zero-order valence-electron chi connectivity index (χ0n) is 10.1. The minimum atomic E-state index is -1.40. The highest BCUT2D eigenvalue weighted by atomic mass is 35.5. The molecule has 1 aromatic carbocycles. The number of halogens is 3. The van der Waals surface area contributed by atoms with Crippen LogP contribution in [0.3, 0.4) is 0 Å². The van der Waals surface area contributed by atoms with Gasteiger partial charge >= 0.3 is 5.97 Å². The van der Waals surface area contributed by atoms with Crippen molar-refractivity contribution in [3.8, 4) is 0 Å². The summed E-state index contributed by atoms with van der Waals surface area (Å²) in [6.45, 7) is 0. The van der Waals surface area contributed by atoms with E-state index in [9.17, 15) is 14.0 Å². The number of hydrogen-bond donors (Lipinski definition) is 2. The number of benzene rings is 1. The molecule has 0 saturated heterocycles. The molecule has 6 nitrogen and oxygen atoms in total. The molecule has 1 heterocycles. The molecule has 0 aliphatic heterocycles. The maximum atomic E-state index is 13.5. The molecule has 108 valence electrons. The van der Waals surface area contributed by atoms with Crippen LogP contribution in [0.1, 0.15) is 20.7 Å². The molecule has 21 heavy (non-hydrogen) atoms. The number of anilines is 1. The Labute approximate surface area is 127 Å². The number of aromatic carboxylic acids is 1. The van der Waals surface area contributed by atoms with Crippen molar-refractivity contribution < 1.29 is 19.1 Å². The normalized spacial score (nSPS) is 10.2. The lowest BCUT2D eigenvalue weighted by molar-refractivity contribution is 0.0692. The smallest absolute Gasteiger partial charge is 0.338 e. The van der Waals surface area contributed by atoms with Gasteiger partial charge in [0.25, 0.3) is 5.91 Å². The fourth-order valence-electron chi connectivity index (χ4n) is 1.48. The third-order valence-electron chi connectivity index (χ3n) is 2.42. The van der Waals surface area contributed by atoms with Crippen molar-refractivity contribution in [1.82, 2.24) is 10.2 Å². The van der Waals surface area contributed by atoms with E-state index in [1.165, 1.54) is 12.1 Å². The quantitative estimate of drug-likeness (QED) is 0.903. The number of carboxylic acids is 1. The second kappa shape index (κ2) is 6.02. The number of nitrogens with zero attached hydrogens (tertiary/aromatic N) is 2. The third kappa shape index (κ3) is 3.45. The molecular weight excluding hydrogens is 324 g/mol. The topological polar surface area (TPSA) is 92.2 Å². The van der Waals surface area contributed by atoms with Gasteiger partial charge in [-0.05, 0) is 24.3 Å². The Morgan fingerprint density at radius 3 is 2.48 bits per heavy atom. The molecule has 0 aliphatic rings. The lowest BCUT2D eigenvalue weighted by Crippen LogP contribution is -2.14. The zero-order valence-corrected chi connectivity index (χ0v) is 11.6. The van der Waals surface area contributed by atoms with Crippen LogP contribution < -0.4 is 5.32 Å². The van der Waals surface area contributed by atoms with Crippen LogP contribution in [-0.4, -0.2) is 27.2 Å².